The van der Waals surface area contributed by atoms with Crippen molar-refractivity contribution in [1.29, 1.82) is 0 Å². The summed E-state index contributed by atoms with van der Waals surface area (Å²) in [6, 6.07) is 8.99. The minimum Gasteiger partial charge on any atom is -0.361 e. The summed E-state index contributed by atoms with van der Waals surface area (Å²) in [4.78, 5) is 16.7. The smallest absolute Gasteiger partial charge is 0.219 e. The molecule has 0 spiro atoms. The lowest BCUT2D eigenvalue weighted by atomic mass is 9.93. The quantitative estimate of drug-likeness (QED) is 0.910. The number of aromatic amines is 1. The highest BCUT2D eigenvalue weighted by molar-refractivity contribution is 5.82. The molecule has 2 unspecified atom stereocenters. The Balaban J connectivity index is 1.63. The number of benzene rings is 1. The zero-order chi connectivity index (χ0) is 14.8. The van der Waals surface area contributed by atoms with Crippen molar-refractivity contribution in [2.45, 2.75) is 32.9 Å². The van der Waals surface area contributed by atoms with Crippen molar-refractivity contribution in [3.8, 4) is 0 Å². The van der Waals surface area contributed by atoms with Crippen LogP contribution in [0.3, 0.4) is 0 Å². The van der Waals surface area contributed by atoms with Gasteiger partial charge in [0.15, 0.2) is 0 Å². The van der Waals surface area contributed by atoms with Crippen molar-refractivity contribution in [3.05, 3.63) is 36.0 Å². The molecule has 1 aromatic heterocycles. The van der Waals surface area contributed by atoms with Gasteiger partial charge in [-0.25, -0.2) is 0 Å². The Hall–Kier alpha value is -1.81. The van der Waals surface area contributed by atoms with Gasteiger partial charge in [-0.05, 0) is 30.0 Å². The Morgan fingerprint density at radius 2 is 2.29 bits per heavy atom. The molecule has 2 aromatic rings. The Morgan fingerprint density at radius 3 is 3.05 bits per heavy atom. The molecule has 112 valence electrons. The van der Waals surface area contributed by atoms with Crippen LogP contribution in [0.4, 0.5) is 0 Å². The average molecular weight is 285 g/mol. The van der Waals surface area contributed by atoms with Crippen LogP contribution >= 0.6 is 0 Å². The van der Waals surface area contributed by atoms with Crippen LogP contribution in [0, 0.1) is 5.92 Å². The van der Waals surface area contributed by atoms with E-state index >= 15 is 0 Å². The topological polar surface area (TPSA) is 48.1 Å². The fraction of sp³-hybridized carbons (Fsp3) is 0.471. The van der Waals surface area contributed by atoms with Gasteiger partial charge in [0.25, 0.3) is 0 Å². The fourth-order valence-corrected chi connectivity index (χ4v) is 3.28. The Kier molecular flexibility index (Phi) is 3.97. The molecule has 1 fully saturated rings. The van der Waals surface area contributed by atoms with Gasteiger partial charge < -0.3 is 15.2 Å². The largest absolute Gasteiger partial charge is 0.361 e. The fourth-order valence-electron chi connectivity index (χ4n) is 3.28. The number of nitrogens with zero attached hydrogens (tertiary/aromatic N) is 1. The molecular weight excluding hydrogens is 262 g/mol. The van der Waals surface area contributed by atoms with Crippen LogP contribution in [0.25, 0.3) is 10.9 Å². The lowest BCUT2D eigenvalue weighted by Gasteiger charge is -2.37. The molecule has 1 aliphatic rings. The molecule has 0 aliphatic carbocycles. The molecule has 21 heavy (non-hydrogen) atoms. The third kappa shape index (κ3) is 2.95. The van der Waals surface area contributed by atoms with Crippen LogP contribution in [0.1, 0.15) is 25.8 Å². The SMILES string of the molecule is CC(=O)N1CCC(NCc2cccc3[nH]ccc23)C(C)C1. The van der Waals surface area contributed by atoms with Gasteiger partial charge in [-0.1, -0.05) is 19.1 Å². The van der Waals surface area contributed by atoms with E-state index in [0.29, 0.717) is 12.0 Å². The van der Waals surface area contributed by atoms with Gasteiger partial charge >= 0.3 is 0 Å². The second-order valence-electron chi connectivity index (χ2n) is 6.07. The van der Waals surface area contributed by atoms with Crippen LogP contribution in [0.2, 0.25) is 0 Å². The number of H-pyrrole nitrogens is 1. The molecule has 0 saturated carbocycles. The lowest BCUT2D eigenvalue weighted by molar-refractivity contribution is -0.130. The van der Waals surface area contributed by atoms with E-state index in [1.54, 1.807) is 6.92 Å². The number of carbonyl (C=O) groups excluding carboxylic acids is 1. The molecule has 2 N–H and O–H groups in total. The van der Waals surface area contributed by atoms with Crippen LogP contribution < -0.4 is 5.32 Å². The molecule has 2 atom stereocenters. The minimum absolute atomic E-state index is 0.192. The first-order valence-electron chi connectivity index (χ1n) is 7.69. The van der Waals surface area contributed by atoms with Gasteiger partial charge in [-0.3, -0.25) is 4.79 Å². The highest BCUT2D eigenvalue weighted by Gasteiger charge is 2.26. The first-order valence-corrected chi connectivity index (χ1v) is 7.69. The van der Waals surface area contributed by atoms with Crippen LogP contribution in [0.5, 0.6) is 0 Å². The second-order valence-corrected chi connectivity index (χ2v) is 6.07. The number of rotatable bonds is 3. The van der Waals surface area contributed by atoms with E-state index in [2.05, 4.69) is 41.5 Å². The zero-order valence-corrected chi connectivity index (χ0v) is 12.7. The molecule has 3 rings (SSSR count). The summed E-state index contributed by atoms with van der Waals surface area (Å²) >= 11 is 0. The lowest BCUT2D eigenvalue weighted by Crippen LogP contribution is -2.49. The molecule has 1 amide bonds. The first-order chi connectivity index (χ1) is 10.1. The predicted molar refractivity (Wildman–Crippen MR) is 85.0 cm³/mol. The third-order valence-corrected chi connectivity index (χ3v) is 4.59. The Bertz CT molecular complexity index is 634. The first kappa shape index (κ1) is 14.1. The maximum atomic E-state index is 11.4. The third-order valence-electron chi connectivity index (χ3n) is 4.59. The van der Waals surface area contributed by atoms with E-state index in [9.17, 15) is 4.79 Å². The van der Waals surface area contributed by atoms with Crippen LogP contribution in [0.15, 0.2) is 30.5 Å². The summed E-state index contributed by atoms with van der Waals surface area (Å²) in [5, 5.41) is 4.97. The number of hydrogen-bond acceptors (Lipinski definition) is 2. The standard InChI is InChI=1S/C17H23N3O/c1-12-11-20(13(2)21)9-7-16(12)19-10-14-4-3-5-17-15(14)6-8-18-17/h3-6,8,12,16,18-19H,7,9-11H2,1-2H3. The summed E-state index contributed by atoms with van der Waals surface area (Å²) in [7, 11) is 0. The summed E-state index contributed by atoms with van der Waals surface area (Å²) in [5.74, 6) is 0.686. The van der Waals surface area contributed by atoms with Crippen molar-refractivity contribution in [1.82, 2.24) is 15.2 Å². The van der Waals surface area contributed by atoms with Crippen molar-refractivity contribution in [2.24, 2.45) is 5.92 Å². The van der Waals surface area contributed by atoms with Crippen LogP contribution in [-0.2, 0) is 11.3 Å². The predicted octanol–water partition coefficient (Wildman–Crippen LogP) is 2.51. The number of fused-ring (bicyclic) bond motifs is 1. The van der Waals surface area contributed by atoms with Crippen molar-refractivity contribution in [2.75, 3.05) is 13.1 Å². The molecule has 2 heterocycles. The van der Waals surface area contributed by atoms with Gasteiger partial charge in [0.05, 0.1) is 0 Å². The van der Waals surface area contributed by atoms with E-state index in [4.69, 9.17) is 0 Å². The highest BCUT2D eigenvalue weighted by Crippen LogP contribution is 2.20. The van der Waals surface area contributed by atoms with Crippen molar-refractivity contribution in [3.63, 3.8) is 0 Å². The minimum atomic E-state index is 0.192. The summed E-state index contributed by atoms with van der Waals surface area (Å²) < 4.78 is 0. The summed E-state index contributed by atoms with van der Waals surface area (Å²) in [6.07, 6.45) is 3.02. The molecule has 1 aliphatic heterocycles. The van der Waals surface area contributed by atoms with E-state index in [-0.39, 0.29) is 5.91 Å². The van der Waals surface area contributed by atoms with Gasteiger partial charge in [0.1, 0.15) is 0 Å². The summed E-state index contributed by atoms with van der Waals surface area (Å²) in [6.45, 7) is 6.49. The number of piperidine rings is 1. The van der Waals surface area contributed by atoms with E-state index < -0.39 is 0 Å². The normalized spacial score (nSPS) is 22.7. The molecule has 1 saturated heterocycles. The van der Waals surface area contributed by atoms with Crippen LogP contribution in [-0.4, -0.2) is 34.9 Å². The zero-order valence-electron chi connectivity index (χ0n) is 12.7. The molecule has 0 radical (unpaired) electrons. The van der Waals surface area contributed by atoms with Gasteiger partial charge in [0, 0.05) is 49.7 Å². The molecular formula is C17H23N3O. The van der Waals surface area contributed by atoms with Gasteiger partial charge in [0.2, 0.25) is 5.91 Å². The highest BCUT2D eigenvalue weighted by atomic mass is 16.2. The monoisotopic (exact) mass is 285 g/mol. The van der Waals surface area contributed by atoms with Crippen molar-refractivity contribution < 1.29 is 4.79 Å². The Labute approximate surface area is 125 Å². The number of carbonyl (C=O) groups is 1. The maximum absolute atomic E-state index is 11.4. The maximum Gasteiger partial charge on any atom is 0.219 e. The number of nitrogens with one attached hydrogen (secondary N) is 2. The number of likely N-dealkylation sites (tertiary alicyclic amines) is 1. The molecule has 4 nitrogen and oxygen atoms in total. The molecule has 1 aromatic carbocycles. The van der Waals surface area contributed by atoms with Crippen molar-refractivity contribution >= 4 is 16.8 Å². The average Bonchev–Trinajstić information content (AvgIpc) is 2.94. The van der Waals surface area contributed by atoms with E-state index in [1.807, 2.05) is 11.1 Å². The van der Waals surface area contributed by atoms with E-state index in [1.165, 1.54) is 16.5 Å². The van der Waals surface area contributed by atoms with E-state index in [0.717, 1.165) is 26.1 Å². The van der Waals surface area contributed by atoms with Gasteiger partial charge in [-0.15, -0.1) is 0 Å². The number of amides is 1. The molecule has 4 heteroatoms. The number of hydrogen-bond donors (Lipinski definition) is 2. The number of aromatic nitrogens is 1. The second kappa shape index (κ2) is 5.90. The Morgan fingerprint density at radius 1 is 1.43 bits per heavy atom. The summed E-state index contributed by atoms with van der Waals surface area (Å²) in [5.41, 5.74) is 2.52. The molecule has 0 bridgehead atoms. The van der Waals surface area contributed by atoms with Gasteiger partial charge in [-0.2, -0.15) is 0 Å².